The maximum atomic E-state index is 9.25. The zero-order chi connectivity index (χ0) is 4.12. The van der Waals surface area contributed by atoms with E-state index in [1.807, 2.05) is 0 Å². The van der Waals surface area contributed by atoms with Crippen molar-refractivity contribution in [3.05, 3.63) is 0 Å². The molecule has 0 fully saturated rings. The lowest BCUT2D eigenvalue weighted by molar-refractivity contribution is 0.554. The number of rotatable bonds is 2. The summed E-state index contributed by atoms with van der Waals surface area (Å²) < 4.78 is 0. The van der Waals surface area contributed by atoms with E-state index in [-0.39, 0.29) is 0 Å². The second kappa shape index (κ2) is 4.15. The number of halogens is 1. The predicted molar refractivity (Wildman–Crippen MR) is 24.1 cm³/mol. The van der Waals surface area contributed by atoms with Gasteiger partial charge < -0.3 is 0 Å². The smallest absolute Gasteiger partial charge is 0.199 e. The van der Waals surface area contributed by atoms with Crippen molar-refractivity contribution >= 4 is 22.2 Å². The minimum atomic E-state index is 0.500. The molecule has 0 aliphatic heterocycles. The highest BCUT2D eigenvalue weighted by Gasteiger charge is 1.70. The van der Waals surface area contributed by atoms with Crippen LogP contribution in [-0.4, -0.2) is 11.6 Å². The van der Waals surface area contributed by atoms with Gasteiger partial charge >= 0.3 is 0 Å². The molecule has 0 aromatic rings. The van der Waals surface area contributed by atoms with Crippen LogP contribution < -0.4 is 0 Å². The van der Waals surface area contributed by atoms with E-state index in [9.17, 15) is 4.79 Å². The van der Waals surface area contributed by atoms with Crippen molar-refractivity contribution in [3.63, 3.8) is 0 Å². The van der Waals surface area contributed by atoms with Crippen LogP contribution in [0.15, 0.2) is 0 Å². The largest absolute Gasteiger partial charge is 0.291 e. The molecule has 0 unspecified atom stereocenters. The maximum Gasteiger partial charge on any atom is 0.199 e. The number of carbonyl (C=O) groups excluding carboxylic acids is 1. The van der Waals surface area contributed by atoms with Crippen LogP contribution in [0.4, 0.5) is 0 Å². The SMILES string of the molecule is O=[C]CCBr. The lowest BCUT2D eigenvalue weighted by Crippen LogP contribution is -1.69. The summed E-state index contributed by atoms with van der Waals surface area (Å²) in [5.41, 5.74) is 0. The van der Waals surface area contributed by atoms with E-state index in [4.69, 9.17) is 0 Å². The minimum Gasteiger partial charge on any atom is -0.291 e. The average Bonchev–Trinajstić information content (AvgIpc) is 1.41. The Kier molecular flexibility index (Phi) is 4.27. The van der Waals surface area contributed by atoms with Crippen LogP contribution in [0.2, 0.25) is 0 Å². The summed E-state index contributed by atoms with van der Waals surface area (Å²) in [7, 11) is 0. The Morgan fingerprint density at radius 3 is 2.40 bits per heavy atom. The summed E-state index contributed by atoms with van der Waals surface area (Å²) in [5.74, 6) is 0. The molecule has 0 aromatic carbocycles. The van der Waals surface area contributed by atoms with Crippen LogP contribution >= 0.6 is 15.9 Å². The second-order valence-electron chi connectivity index (χ2n) is 0.583. The van der Waals surface area contributed by atoms with Crippen molar-refractivity contribution in [2.45, 2.75) is 6.42 Å². The Labute approximate surface area is 39.5 Å². The Balaban J connectivity index is 2.40. The molecule has 0 rings (SSSR count). The topological polar surface area (TPSA) is 17.1 Å². The third-order valence-electron chi connectivity index (χ3n) is 0.197. The summed E-state index contributed by atoms with van der Waals surface area (Å²) in [4.78, 5) is 9.25. The third-order valence-corrected chi connectivity index (χ3v) is 0.593. The van der Waals surface area contributed by atoms with Gasteiger partial charge in [0.1, 0.15) is 0 Å². The first-order valence-corrected chi connectivity index (χ1v) is 2.45. The maximum absolute atomic E-state index is 9.25. The zero-order valence-electron chi connectivity index (χ0n) is 2.70. The molecular weight excluding hydrogens is 132 g/mol. The van der Waals surface area contributed by atoms with Gasteiger partial charge in [-0.3, -0.25) is 4.79 Å². The highest BCUT2D eigenvalue weighted by Crippen LogP contribution is 1.79. The Hall–Kier alpha value is 0.150. The number of hydrogen-bond donors (Lipinski definition) is 0. The van der Waals surface area contributed by atoms with Crippen molar-refractivity contribution in [2.75, 3.05) is 5.33 Å². The first kappa shape index (κ1) is 5.15. The lowest BCUT2D eigenvalue weighted by atomic mass is 10.6. The van der Waals surface area contributed by atoms with Crippen LogP contribution in [-0.2, 0) is 4.79 Å². The van der Waals surface area contributed by atoms with E-state index < -0.39 is 0 Å². The molecule has 5 heavy (non-hydrogen) atoms. The van der Waals surface area contributed by atoms with Gasteiger partial charge in [0.25, 0.3) is 0 Å². The second-order valence-corrected chi connectivity index (χ2v) is 1.38. The van der Waals surface area contributed by atoms with E-state index >= 15 is 0 Å². The fourth-order valence-electron chi connectivity index (χ4n) is 0.0386. The van der Waals surface area contributed by atoms with Gasteiger partial charge in [0.15, 0.2) is 6.29 Å². The van der Waals surface area contributed by atoms with Gasteiger partial charge in [0.05, 0.1) is 0 Å². The summed E-state index contributed by atoms with van der Waals surface area (Å²) >= 11 is 3.05. The van der Waals surface area contributed by atoms with Crippen molar-refractivity contribution in [2.24, 2.45) is 0 Å². The summed E-state index contributed by atoms with van der Waals surface area (Å²) in [6.07, 6.45) is 2.22. The standard InChI is InChI=1S/C3H4BrO/c4-2-1-3-5/h1-2H2. The first-order chi connectivity index (χ1) is 2.41. The van der Waals surface area contributed by atoms with Gasteiger partial charge in [-0.2, -0.15) is 0 Å². The highest BCUT2D eigenvalue weighted by molar-refractivity contribution is 9.09. The molecule has 0 aliphatic rings. The van der Waals surface area contributed by atoms with Crippen LogP contribution in [0.3, 0.4) is 0 Å². The molecule has 1 radical (unpaired) electrons. The van der Waals surface area contributed by atoms with E-state index in [0.29, 0.717) is 6.42 Å². The molecule has 0 aliphatic carbocycles. The lowest BCUT2D eigenvalue weighted by Gasteiger charge is -1.64. The van der Waals surface area contributed by atoms with Crippen molar-refractivity contribution in [1.29, 1.82) is 0 Å². The summed E-state index contributed by atoms with van der Waals surface area (Å²) in [6, 6.07) is 0. The molecule has 0 bridgehead atoms. The van der Waals surface area contributed by atoms with Gasteiger partial charge in [-0.1, -0.05) is 15.9 Å². The van der Waals surface area contributed by atoms with Crippen LogP contribution in [0.1, 0.15) is 6.42 Å². The van der Waals surface area contributed by atoms with E-state index in [0.717, 1.165) is 5.33 Å². The fourth-order valence-corrected chi connectivity index (χ4v) is 0.200. The van der Waals surface area contributed by atoms with Crippen LogP contribution in [0.25, 0.3) is 0 Å². The normalized spacial score (nSPS) is 7.40. The highest BCUT2D eigenvalue weighted by atomic mass is 79.9. The Bertz CT molecular complexity index is 28.1. The van der Waals surface area contributed by atoms with E-state index in [1.54, 1.807) is 6.29 Å². The summed E-state index contributed by atoms with van der Waals surface area (Å²) in [5, 5.41) is 0.733. The minimum absolute atomic E-state index is 0.500. The molecule has 0 aromatic heterocycles. The predicted octanol–water partition coefficient (Wildman–Crippen LogP) is 0.881. The van der Waals surface area contributed by atoms with Gasteiger partial charge in [-0.15, -0.1) is 0 Å². The summed E-state index contributed by atoms with van der Waals surface area (Å²) in [6.45, 7) is 0. The fraction of sp³-hybridized carbons (Fsp3) is 0.667. The Morgan fingerprint density at radius 2 is 2.40 bits per heavy atom. The van der Waals surface area contributed by atoms with Gasteiger partial charge in [0.2, 0.25) is 0 Å². The zero-order valence-corrected chi connectivity index (χ0v) is 4.29. The first-order valence-electron chi connectivity index (χ1n) is 1.32. The monoisotopic (exact) mass is 135 g/mol. The van der Waals surface area contributed by atoms with E-state index in [1.165, 1.54) is 0 Å². The van der Waals surface area contributed by atoms with Crippen molar-refractivity contribution in [1.82, 2.24) is 0 Å². The molecule has 0 saturated carbocycles. The van der Waals surface area contributed by atoms with Gasteiger partial charge in [-0.05, 0) is 0 Å². The van der Waals surface area contributed by atoms with Crippen molar-refractivity contribution in [3.8, 4) is 0 Å². The van der Waals surface area contributed by atoms with Gasteiger partial charge in [0, 0.05) is 11.8 Å². The van der Waals surface area contributed by atoms with Crippen LogP contribution in [0.5, 0.6) is 0 Å². The van der Waals surface area contributed by atoms with Crippen molar-refractivity contribution < 1.29 is 4.79 Å². The average molecular weight is 136 g/mol. The van der Waals surface area contributed by atoms with E-state index in [2.05, 4.69) is 15.9 Å². The molecule has 0 saturated heterocycles. The Morgan fingerprint density at radius 1 is 1.80 bits per heavy atom. The van der Waals surface area contributed by atoms with Crippen LogP contribution in [0, 0.1) is 0 Å². The molecule has 1 nitrogen and oxygen atoms in total. The molecule has 0 atom stereocenters. The molecule has 0 amide bonds. The quantitative estimate of drug-likeness (QED) is 0.515. The molecular formula is C3H4BrO. The number of alkyl halides is 1. The molecule has 2 heteroatoms. The number of hydrogen-bond acceptors (Lipinski definition) is 1. The molecule has 29 valence electrons. The molecule has 0 spiro atoms. The van der Waals surface area contributed by atoms with Gasteiger partial charge in [-0.25, -0.2) is 0 Å². The molecule has 0 N–H and O–H groups in total. The molecule has 0 heterocycles. The third kappa shape index (κ3) is 4.15.